The molecule has 0 N–H and O–H groups in total. The van der Waals surface area contributed by atoms with Crippen LogP contribution in [0.5, 0.6) is 5.75 Å². The molecule has 0 bridgehead atoms. The van der Waals surface area contributed by atoms with Crippen LogP contribution in [0.1, 0.15) is 43.2 Å². The Morgan fingerprint density at radius 2 is 1.73 bits per heavy atom. The van der Waals surface area contributed by atoms with Gasteiger partial charge < -0.3 is 9.64 Å². The molecule has 1 amide bonds. The molecule has 6 heteroatoms. The summed E-state index contributed by atoms with van der Waals surface area (Å²) in [6.07, 6.45) is 7.58. The van der Waals surface area contributed by atoms with Crippen molar-refractivity contribution < 1.29 is 9.53 Å². The van der Waals surface area contributed by atoms with Gasteiger partial charge in [-0.25, -0.2) is 0 Å². The lowest BCUT2D eigenvalue weighted by atomic mass is 9.94. The van der Waals surface area contributed by atoms with Gasteiger partial charge in [0.15, 0.2) is 5.11 Å². The van der Waals surface area contributed by atoms with E-state index in [4.69, 9.17) is 17.0 Å². The fourth-order valence-electron chi connectivity index (χ4n) is 4.00. The maximum atomic E-state index is 13.1. The summed E-state index contributed by atoms with van der Waals surface area (Å²) >= 11 is 9.03. The molecule has 156 valence electrons. The average molecular weight is 485 g/mol. The van der Waals surface area contributed by atoms with Crippen molar-refractivity contribution in [2.45, 2.75) is 44.8 Å². The smallest absolute Gasteiger partial charge is 0.277 e. The van der Waals surface area contributed by atoms with E-state index in [-0.39, 0.29) is 11.9 Å². The molecule has 1 aliphatic heterocycles. The van der Waals surface area contributed by atoms with Gasteiger partial charge in [0.25, 0.3) is 5.91 Å². The second-order valence-corrected chi connectivity index (χ2v) is 9.10. The summed E-state index contributed by atoms with van der Waals surface area (Å²) in [5, 5.41) is 0.618. The molecule has 0 atom stereocenters. The maximum Gasteiger partial charge on any atom is 0.277 e. The minimum atomic E-state index is 0.0185. The van der Waals surface area contributed by atoms with Gasteiger partial charge in [-0.15, -0.1) is 0 Å². The third-order valence-corrected chi connectivity index (χ3v) is 6.73. The zero-order chi connectivity index (χ0) is 21.1. The van der Waals surface area contributed by atoms with Gasteiger partial charge in [-0.1, -0.05) is 59.5 Å². The second kappa shape index (κ2) is 9.31. The summed E-state index contributed by atoms with van der Waals surface area (Å²) in [6.45, 7) is 0.513. The van der Waals surface area contributed by atoms with Crippen molar-refractivity contribution in [3.8, 4) is 5.75 Å². The number of thiocarbonyl (C=S) groups is 1. The van der Waals surface area contributed by atoms with E-state index >= 15 is 0 Å². The molecular formula is C24H25BrN2O2S. The van der Waals surface area contributed by atoms with Crippen LogP contribution >= 0.6 is 28.1 Å². The molecule has 2 aromatic carbocycles. The third kappa shape index (κ3) is 4.60. The van der Waals surface area contributed by atoms with Gasteiger partial charge in [-0.2, -0.15) is 0 Å². The van der Waals surface area contributed by atoms with Crippen molar-refractivity contribution >= 4 is 45.2 Å². The van der Waals surface area contributed by atoms with Crippen molar-refractivity contribution in [1.82, 2.24) is 9.80 Å². The highest BCUT2D eigenvalue weighted by Crippen LogP contribution is 2.30. The predicted octanol–water partition coefficient (Wildman–Crippen LogP) is 5.76. The minimum absolute atomic E-state index is 0.0185. The topological polar surface area (TPSA) is 32.8 Å². The molecule has 1 saturated heterocycles. The molecule has 1 heterocycles. The van der Waals surface area contributed by atoms with Gasteiger partial charge in [-0.3, -0.25) is 9.69 Å². The first-order chi connectivity index (χ1) is 14.5. The van der Waals surface area contributed by atoms with Gasteiger partial charge in [0.2, 0.25) is 0 Å². The fraction of sp³-hybridized carbons (Fsp3) is 0.333. The molecule has 2 fully saturated rings. The molecular weight excluding hydrogens is 460 g/mol. The fourth-order valence-corrected chi connectivity index (χ4v) is 4.60. The van der Waals surface area contributed by atoms with Crippen molar-refractivity contribution in [2.24, 2.45) is 0 Å². The van der Waals surface area contributed by atoms with Gasteiger partial charge in [0.1, 0.15) is 18.1 Å². The zero-order valence-electron chi connectivity index (χ0n) is 17.0. The Labute approximate surface area is 191 Å². The van der Waals surface area contributed by atoms with Crippen LogP contribution in [0.25, 0.3) is 6.08 Å². The van der Waals surface area contributed by atoms with Gasteiger partial charge >= 0.3 is 0 Å². The highest BCUT2D eigenvalue weighted by atomic mass is 79.9. The lowest BCUT2D eigenvalue weighted by Gasteiger charge is -2.30. The molecule has 2 aromatic rings. The minimum Gasteiger partial charge on any atom is -0.489 e. The van der Waals surface area contributed by atoms with Crippen LogP contribution in [-0.2, 0) is 11.4 Å². The molecule has 0 spiro atoms. The Morgan fingerprint density at radius 1 is 1.07 bits per heavy atom. The highest BCUT2D eigenvalue weighted by molar-refractivity contribution is 9.10. The lowest BCUT2D eigenvalue weighted by molar-refractivity contribution is -0.124. The Hall–Kier alpha value is -2.18. The number of carbonyl (C=O) groups excluding carboxylic acids is 1. The zero-order valence-corrected chi connectivity index (χ0v) is 19.4. The van der Waals surface area contributed by atoms with E-state index in [1.807, 2.05) is 71.5 Å². The van der Waals surface area contributed by atoms with Crippen LogP contribution in [0.3, 0.4) is 0 Å². The molecule has 0 radical (unpaired) electrons. The Balaban J connectivity index is 1.44. The number of hydrogen-bond donors (Lipinski definition) is 0. The normalized spacial score (nSPS) is 19.1. The number of likely N-dealkylation sites (N-methyl/N-ethyl adjacent to an activating group) is 1. The number of rotatable bonds is 5. The van der Waals surface area contributed by atoms with Crippen LogP contribution in [0, 0.1) is 0 Å². The third-order valence-electron chi connectivity index (χ3n) is 5.73. The van der Waals surface area contributed by atoms with Crippen molar-refractivity contribution in [1.29, 1.82) is 0 Å². The van der Waals surface area contributed by atoms with Crippen LogP contribution < -0.4 is 4.74 Å². The largest absolute Gasteiger partial charge is 0.489 e. The molecule has 0 aromatic heterocycles. The molecule has 4 rings (SSSR count). The molecule has 4 nitrogen and oxygen atoms in total. The summed E-state index contributed by atoms with van der Waals surface area (Å²) in [5.41, 5.74) is 2.70. The van der Waals surface area contributed by atoms with Crippen molar-refractivity contribution in [2.75, 3.05) is 7.05 Å². The Bertz CT molecular complexity index is 950. The first-order valence-electron chi connectivity index (χ1n) is 10.3. The van der Waals surface area contributed by atoms with Crippen LogP contribution in [-0.4, -0.2) is 33.9 Å². The predicted molar refractivity (Wildman–Crippen MR) is 127 cm³/mol. The van der Waals surface area contributed by atoms with E-state index in [1.165, 1.54) is 19.3 Å². The van der Waals surface area contributed by atoms with E-state index < -0.39 is 0 Å². The molecule has 30 heavy (non-hydrogen) atoms. The maximum absolute atomic E-state index is 13.1. The first kappa shape index (κ1) is 21.1. The summed E-state index contributed by atoms with van der Waals surface area (Å²) in [6, 6.07) is 16.1. The van der Waals surface area contributed by atoms with E-state index in [0.29, 0.717) is 17.4 Å². The number of halogens is 1. The first-order valence-corrected chi connectivity index (χ1v) is 11.5. The van der Waals surface area contributed by atoms with Crippen LogP contribution in [0.15, 0.2) is 58.7 Å². The van der Waals surface area contributed by atoms with E-state index in [0.717, 1.165) is 34.2 Å². The monoisotopic (exact) mass is 484 g/mol. The Morgan fingerprint density at radius 3 is 2.40 bits per heavy atom. The quantitative estimate of drug-likeness (QED) is 0.398. The average Bonchev–Trinajstić information content (AvgIpc) is 2.98. The number of ether oxygens (including phenoxy) is 1. The van der Waals surface area contributed by atoms with E-state index in [9.17, 15) is 4.79 Å². The molecule has 0 unspecified atom stereocenters. The van der Waals surface area contributed by atoms with Gasteiger partial charge in [0.05, 0.1) is 0 Å². The number of hydrogen-bond acceptors (Lipinski definition) is 3. The summed E-state index contributed by atoms with van der Waals surface area (Å²) < 4.78 is 6.92. The highest BCUT2D eigenvalue weighted by Gasteiger charge is 2.40. The van der Waals surface area contributed by atoms with Crippen LogP contribution in [0.4, 0.5) is 0 Å². The SMILES string of the molecule is CN1C(=S)N(C2CCCCC2)C(=O)/C1=C/c1ccc(OCc2ccc(Br)cc2)cc1. The van der Waals surface area contributed by atoms with Crippen molar-refractivity contribution in [3.05, 3.63) is 69.8 Å². The molecule has 1 aliphatic carbocycles. The summed E-state index contributed by atoms with van der Waals surface area (Å²) in [5.74, 6) is 0.815. The number of nitrogens with zero attached hydrogens (tertiary/aromatic N) is 2. The van der Waals surface area contributed by atoms with Crippen molar-refractivity contribution in [3.63, 3.8) is 0 Å². The molecule has 1 saturated carbocycles. The lowest BCUT2D eigenvalue weighted by Crippen LogP contribution is -2.41. The number of carbonyl (C=O) groups is 1. The van der Waals surface area contributed by atoms with E-state index in [2.05, 4.69) is 15.9 Å². The van der Waals surface area contributed by atoms with Crippen LogP contribution in [0.2, 0.25) is 0 Å². The Kier molecular flexibility index (Phi) is 6.54. The summed E-state index contributed by atoms with van der Waals surface area (Å²) in [4.78, 5) is 16.7. The summed E-state index contributed by atoms with van der Waals surface area (Å²) in [7, 11) is 1.88. The second-order valence-electron chi connectivity index (χ2n) is 7.82. The number of amides is 1. The van der Waals surface area contributed by atoms with Gasteiger partial charge in [0, 0.05) is 17.6 Å². The standard InChI is InChI=1S/C24H25BrN2O2S/c1-26-22(23(28)27(24(26)30)20-5-3-2-4-6-20)15-17-9-13-21(14-10-17)29-16-18-7-11-19(25)12-8-18/h7-15,20H,2-6,16H2,1H3/b22-15-. The number of benzene rings is 2. The van der Waals surface area contributed by atoms with E-state index in [1.54, 1.807) is 0 Å². The molecule has 2 aliphatic rings. The van der Waals surface area contributed by atoms with Gasteiger partial charge in [-0.05, 0) is 66.5 Å².